The predicted molar refractivity (Wildman–Crippen MR) is 59.7 cm³/mol. The van der Waals surface area contributed by atoms with Crippen LogP contribution in [0.25, 0.3) is 0 Å². The second kappa shape index (κ2) is 4.82. The molecule has 2 aromatic rings. The summed E-state index contributed by atoms with van der Waals surface area (Å²) in [5.41, 5.74) is -0.234. The largest absolute Gasteiger partial charge is 0.478 e. The van der Waals surface area contributed by atoms with Gasteiger partial charge in [-0.15, -0.1) is 0 Å². The lowest BCUT2D eigenvalue weighted by Gasteiger charge is -2.08. The number of nitrogens with one attached hydrogen (secondary N) is 1. The molecule has 0 spiro atoms. The van der Waals surface area contributed by atoms with Gasteiger partial charge in [0, 0.05) is 6.92 Å². The number of anilines is 1. The number of hydrogen-bond donors (Lipinski definition) is 2. The highest BCUT2D eigenvalue weighted by Crippen LogP contribution is 2.20. The second-order valence-electron chi connectivity index (χ2n) is 3.55. The summed E-state index contributed by atoms with van der Waals surface area (Å²) in [5.74, 6) is -1.14. The van der Waals surface area contributed by atoms with Gasteiger partial charge in [0.25, 0.3) is 0 Å². The van der Waals surface area contributed by atoms with Crippen LogP contribution in [0.15, 0.2) is 22.7 Å². The third-order valence-electron chi connectivity index (χ3n) is 2.24. The van der Waals surface area contributed by atoms with Crippen LogP contribution in [0.1, 0.15) is 22.1 Å². The Balaban J connectivity index is 2.20. The Morgan fingerprint density at radius 1 is 1.56 bits per heavy atom. The van der Waals surface area contributed by atoms with E-state index in [1.165, 1.54) is 18.2 Å². The van der Waals surface area contributed by atoms with Crippen LogP contribution in [0.4, 0.5) is 10.1 Å². The summed E-state index contributed by atoms with van der Waals surface area (Å²) in [6.07, 6.45) is 0. The molecule has 1 heterocycles. The van der Waals surface area contributed by atoms with Gasteiger partial charge >= 0.3 is 5.97 Å². The molecule has 0 bridgehead atoms. The number of aromatic nitrogens is 2. The fourth-order valence-electron chi connectivity index (χ4n) is 1.46. The van der Waals surface area contributed by atoms with Gasteiger partial charge in [0.15, 0.2) is 5.82 Å². The van der Waals surface area contributed by atoms with Crippen molar-refractivity contribution in [3.8, 4) is 0 Å². The number of aromatic carboxylic acids is 1. The maximum absolute atomic E-state index is 13.5. The zero-order valence-corrected chi connectivity index (χ0v) is 9.48. The molecular weight excluding hydrogens is 241 g/mol. The van der Waals surface area contributed by atoms with Gasteiger partial charge < -0.3 is 14.9 Å². The second-order valence-corrected chi connectivity index (χ2v) is 3.55. The number of halogens is 1. The number of carboxylic acid groups (broad SMARTS) is 1. The van der Waals surface area contributed by atoms with Gasteiger partial charge in [-0.3, -0.25) is 0 Å². The van der Waals surface area contributed by atoms with E-state index < -0.39 is 11.8 Å². The molecule has 1 aromatic carbocycles. The smallest absolute Gasteiger partial charge is 0.337 e. The summed E-state index contributed by atoms with van der Waals surface area (Å²) in [7, 11) is 0. The molecule has 0 radical (unpaired) electrons. The maximum atomic E-state index is 13.5. The van der Waals surface area contributed by atoms with E-state index in [2.05, 4.69) is 15.5 Å². The molecule has 0 saturated carbocycles. The van der Waals surface area contributed by atoms with E-state index in [4.69, 9.17) is 9.63 Å². The molecule has 0 fully saturated rings. The van der Waals surface area contributed by atoms with Crippen LogP contribution in [0, 0.1) is 12.7 Å². The lowest BCUT2D eigenvalue weighted by atomic mass is 10.1. The van der Waals surface area contributed by atoms with Crippen molar-refractivity contribution < 1.29 is 18.8 Å². The van der Waals surface area contributed by atoms with Crippen molar-refractivity contribution >= 4 is 11.7 Å². The number of carboxylic acids is 1. The molecule has 2 rings (SSSR count). The first-order valence-corrected chi connectivity index (χ1v) is 5.13. The first-order chi connectivity index (χ1) is 8.58. The van der Waals surface area contributed by atoms with Crippen LogP contribution in [0.5, 0.6) is 0 Å². The molecule has 2 N–H and O–H groups in total. The Hall–Kier alpha value is -2.44. The first kappa shape index (κ1) is 12.0. The molecule has 0 aliphatic rings. The highest BCUT2D eigenvalue weighted by atomic mass is 19.1. The Kier molecular flexibility index (Phi) is 3.22. The summed E-state index contributed by atoms with van der Waals surface area (Å²) in [6, 6.07) is 3.83. The summed E-state index contributed by atoms with van der Waals surface area (Å²) >= 11 is 0. The van der Waals surface area contributed by atoms with Crippen LogP contribution in [0.3, 0.4) is 0 Å². The molecule has 94 valence electrons. The molecule has 0 atom stereocenters. The normalized spacial score (nSPS) is 10.3. The molecule has 0 aliphatic carbocycles. The van der Waals surface area contributed by atoms with Gasteiger partial charge in [0.2, 0.25) is 5.89 Å². The van der Waals surface area contributed by atoms with Crippen molar-refractivity contribution in [3.05, 3.63) is 41.3 Å². The molecule has 1 aromatic heterocycles. The highest BCUT2D eigenvalue weighted by Gasteiger charge is 2.14. The number of rotatable bonds is 4. The van der Waals surface area contributed by atoms with Crippen molar-refractivity contribution in [3.63, 3.8) is 0 Å². The van der Waals surface area contributed by atoms with Crippen LogP contribution in [0.2, 0.25) is 0 Å². The number of aryl methyl sites for hydroxylation is 1. The van der Waals surface area contributed by atoms with Crippen molar-refractivity contribution in [1.82, 2.24) is 10.1 Å². The lowest BCUT2D eigenvalue weighted by molar-refractivity contribution is 0.0697. The molecular formula is C11H10FN3O3. The third-order valence-corrected chi connectivity index (χ3v) is 2.24. The topological polar surface area (TPSA) is 88.2 Å². The standard InChI is InChI=1S/C11H10FN3O3/c1-6-14-9(15-18-6)5-13-10-7(11(16)17)3-2-4-8(10)12/h2-4,13H,5H2,1H3,(H,16,17). The zero-order valence-electron chi connectivity index (χ0n) is 9.48. The minimum atomic E-state index is -1.21. The molecule has 0 aliphatic heterocycles. The van der Waals surface area contributed by atoms with E-state index in [1.807, 2.05) is 0 Å². The van der Waals surface area contributed by atoms with Gasteiger partial charge in [0.1, 0.15) is 5.82 Å². The average Bonchev–Trinajstić information content (AvgIpc) is 2.73. The van der Waals surface area contributed by atoms with Gasteiger partial charge in [-0.05, 0) is 12.1 Å². The SMILES string of the molecule is Cc1nc(CNc2c(F)cccc2C(=O)O)no1. The Morgan fingerprint density at radius 2 is 2.33 bits per heavy atom. The summed E-state index contributed by atoms with van der Waals surface area (Å²) in [6.45, 7) is 1.71. The highest BCUT2D eigenvalue weighted by molar-refractivity contribution is 5.94. The Morgan fingerprint density at radius 3 is 2.94 bits per heavy atom. The molecule has 0 amide bonds. The first-order valence-electron chi connectivity index (χ1n) is 5.13. The van der Waals surface area contributed by atoms with Crippen molar-refractivity contribution in [2.45, 2.75) is 13.5 Å². The van der Waals surface area contributed by atoms with Crippen LogP contribution in [-0.4, -0.2) is 21.2 Å². The van der Waals surface area contributed by atoms with Crippen molar-refractivity contribution in [1.29, 1.82) is 0 Å². The van der Waals surface area contributed by atoms with E-state index >= 15 is 0 Å². The van der Waals surface area contributed by atoms with Crippen molar-refractivity contribution in [2.75, 3.05) is 5.32 Å². The Bertz CT molecular complexity index is 583. The fourth-order valence-corrected chi connectivity index (χ4v) is 1.46. The number of hydrogen-bond acceptors (Lipinski definition) is 5. The summed E-state index contributed by atoms with van der Waals surface area (Å²) in [5, 5.41) is 15.2. The van der Waals surface area contributed by atoms with Crippen molar-refractivity contribution in [2.24, 2.45) is 0 Å². The average molecular weight is 251 g/mol. The molecule has 6 nitrogen and oxygen atoms in total. The predicted octanol–water partition coefficient (Wildman–Crippen LogP) is 1.83. The number of para-hydroxylation sites is 1. The number of benzene rings is 1. The van der Waals surface area contributed by atoms with E-state index in [0.29, 0.717) is 11.7 Å². The van der Waals surface area contributed by atoms with Gasteiger partial charge in [-0.1, -0.05) is 11.2 Å². The number of carbonyl (C=O) groups is 1. The number of nitrogens with zero attached hydrogens (tertiary/aromatic N) is 2. The van der Waals surface area contributed by atoms with Gasteiger partial charge in [0.05, 0.1) is 17.8 Å². The van der Waals surface area contributed by atoms with Gasteiger partial charge in [-0.2, -0.15) is 4.98 Å². The summed E-state index contributed by atoms with van der Waals surface area (Å²) in [4.78, 5) is 14.9. The van der Waals surface area contributed by atoms with E-state index in [-0.39, 0.29) is 17.8 Å². The monoisotopic (exact) mass is 251 g/mol. The summed E-state index contributed by atoms with van der Waals surface area (Å²) < 4.78 is 18.3. The molecule has 18 heavy (non-hydrogen) atoms. The Labute approximate surface area is 101 Å². The van der Waals surface area contributed by atoms with Crippen LogP contribution in [-0.2, 0) is 6.54 Å². The van der Waals surface area contributed by atoms with E-state index in [9.17, 15) is 9.18 Å². The third kappa shape index (κ3) is 2.45. The van der Waals surface area contributed by atoms with Crippen LogP contribution >= 0.6 is 0 Å². The molecule has 7 heteroatoms. The molecule has 0 saturated heterocycles. The minimum Gasteiger partial charge on any atom is -0.478 e. The lowest BCUT2D eigenvalue weighted by Crippen LogP contribution is -2.09. The van der Waals surface area contributed by atoms with Crippen LogP contribution < -0.4 is 5.32 Å². The fraction of sp³-hybridized carbons (Fsp3) is 0.182. The van der Waals surface area contributed by atoms with E-state index in [0.717, 1.165) is 0 Å². The quantitative estimate of drug-likeness (QED) is 0.861. The minimum absolute atomic E-state index is 0.0819. The van der Waals surface area contributed by atoms with E-state index in [1.54, 1.807) is 6.92 Å². The maximum Gasteiger partial charge on any atom is 0.337 e. The zero-order chi connectivity index (χ0) is 13.1. The van der Waals surface area contributed by atoms with Gasteiger partial charge in [-0.25, -0.2) is 9.18 Å². The molecule has 0 unspecified atom stereocenters.